The highest BCUT2D eigenvalue weighted by atomic mass is 28.4. The standard InChI is InChI=1S/C45H82O4Si3/c1-19-52(20-2,21-3)49-43(11,12)28-22-30-46-33(4)37-25-26-38-36-24-23-34-31-35(47-50(15,16)41(5,6)7)32-40(48-51(17,18)42(8,9)10)45(34,14)39(36)27-29-44(37,38)13/h22-25,28,33,35,38-40H,19-21,26-27,29-32H2,1-18H3/b28-22-/t33-,35+,38-,39-,40-,44+,45-/m0/s1. The Balaban J connectivity index is 1.55. The average molecular weight is 771 g/mol. The van der Waals surface area contributed by atoms with Crippen molar-refractivity contribution in [3.8, 4) is 0 Å². The predicted octanol–water partition coefficient (Wildman–Crippen LogP) is 13.6. The summed E-state index contributed by atoms with van der Waals surface area (Å²) in [4.78, 5) is 0. The van der Waals surface area contributed by atoms with E-state index in [1.807, 2.05) is 0 Å². The van der Waals surface area contributed by atoms with Crippen LogP contribution in [-0.4, -0.2) is 55.5 Å². The van der Waals surface area contributed by atoms with Gasteiger partial charge in [-0.2, -0.15) is 0 Å². The summed E-state index contributed by atoms with van der Waals surface area (Å²) < 4.78 is 28.2. The first-order chi connectivity index (χ1) is 23.7. The van der Waals surface area contributed by atoms with Gasteiger partial charge in [0.05, 0.1) is 30.5 Å². The molecule has 0 amide bonds. The van der Waals surface area contributed by atoms with Gasteiger partial charge in [-0.15, -0.1) is 0 Å². The Labute approximate surface area is 325 Å². The number of rotatable bonds is 14. The van der Waals surface area contributed by atoms with Crippen molar-refractivity contribution in [3.05, 3.63) is 47.1 Å². The quantitative estimate of drug-likeness (QED) is 0.130. The summed E-state index contributed by atoms with van der Waals surface area (Å²) >= 11 is 0. The van der Waals surface area contributed by atoms with Gasteiger partial charge in [0.15, 0.2) is 25.0 Å². The molecule has 0 bridgehead atoms. The molecule has 4 aliphatic carbocycles. The summed E-state index contributed by atoms with van der Waals surface area (Å²) in [5.41, 5.74) is 4.61. The molecule has 52 heavy (non-hydrogen) atoms. The van der Waals surface area contributed by atoms with Crippen LogP contribution in [0.5, 0.6) is 0 Å². The van der Waals surface area contributed by atoms with Gasteiger partial charge < -0.3 is 18.0 Å². The minimum Gasteiger partial charge on any atom is -0.414 e. The zero-order valence-electron chi connectivity index (χ0n) is 37.3. The number of hydrogen-bond acceptors (Lipinski definition) is 4. The van der Waals surface area contributed by atoms with Crippen molar-refractivity contribution in [1.29, 1.82) is 0 Å². The molecule has 4 rings (SSSR count). The van der Waals surface area contributed by atoms with Gasteiger partial charge in [0.25, 0.3) is 0 Å². The second kappa shape index (κ2) is 15.4. The van der Waals surface area contributed by atoms with Crippen LogP contribution in [0.2, 0.25) is 54.4 Å². The van der Waals surface area contributed by atoms with E-state index in [0.29, 0.717) is 18.4 Å². The highest BCUT2D eigenvalue weighted by Crippen LogP contribution is 2.65. The van der Waals surface area contributed by atoms with Gasteiger partial charge in [-0.05, 0) is 130 Å². The molecule has 0 spiro atoms. The lowest BCUT2D eigenvalue weighted by molar-refractivity contribution is -0.0398. The van der Waals surface area contributed by atoms with Crippen LogP contribution in [0, 0.1) is 22.7 Å². The van der Waals surface area contributed by atoms with E-state index in [9.17, 15) is 0 Å². The lowest BCUT2D eigenvalue weighted by Gasteiger charge is -2.59. The van der Waals surface area contributed by atoms with Crippen molar-refractivity contribution in [2.24, 2.45) is 22.7 Å². The van der Waals surface area contributed by atoms with Crippen LogP contribution in [0.1, 0.15) is 129 Å². The van der Waals surface area contributed by atoms with Crippen LogP contribution in [0.4, 0.5) is 0 Å². The second-order valence-electron chi connectivity index (χ2n) is 21.2. The highest BCUT2D eigenvalue weighted by molar-refractivity contribution is 6.74. The van der Waals surface area contributed by atoms with E-state index in [1.165, 1.54) is 36.5 Å². The van der Waals surface area contributed by atoms with Gasteiger partial charge in [-0.3, -0.25) is 0 Å². The Bertz CT molecular complexity index is 1380. The molecular weight excluding hydrogens is 689 g/mol. The first-order valence-corrected chi connectivity index (χ1v) is 29.5. The van der Waals surface area contributed by atoms with E-state index < -0.39 is 25.0 Å². The van der Waals surface area contributed by atoms with Crippen LogP contribution >= 0.6 is 0 Å². The fourth-order valence-electron chi connectivity index (χ4n) is 9.82. The fraction of sp³-hybridized carbons (Fsp3) is 0.822. The molecule has 7 heteroatoms. The Hall–Kier alpha value is -0.549. The van der Waals surface area contributed by atoms with Crippen LogP contribution in [0.3, 0.4) is 0 Å². The molecule has 298 valence electrons. The molecule has 2 saturated carbocycles. The smallest absolute Gasteiger partial charge is 0.193 e. The summed E-state index contributed by atoms with van der Waals surface area (Å²) in [6.45, 7) is 43.4. The molecule has 0 unspecified atom stereocenters. The molecule has 4 aliphatic rings. The van der Waals surface area contributed by atoms with Gasteiger partial charge in [0, 0.05) is 5.41 Å². The number of hydrogen-bond donors (Lipinski definition) is 0. The number of ether oxygens (including phenoxy) is 1. The predicted molar refractivity (Wildman–Crippen MR) is 232 cm³/mol. The third-order valence-electron chi connectivity index (χ3n) is 15.6. The minimum absolute atomic E-state index is 0.00741. The Morgan fingerprint density at radius 3 is 1.98 bits per heavy atom. The lowest BCUT2D eigenvalue weighted by Crippen LogP contribution is -2.58. The second-order valence-corrected chi connectivity index (χ2v) is 35.4. The van der Waals surface area contributed by atoms with E-state index >= 15 is 0 Å². The Morgan fingerprint density at radius 2 is 1.42 bits per heavy atom. The number of fused-ring (bicyclic) bond motifs is 5. The maximum Gasteiger partial charge on any atom is 0.193 e. The molecule has 4 nitrogen and oxygen atoms in total. The Morgan fingerprint density at radius 1 is 0.846 bits per heavy atom. The molecular formula is C45H82O4Si3. The van der Waals surface area contributed by atoms with Crippen LogP contribution in [0.15, 0.2) is 47.1 Å². The molecule has 2 fully saturated rings. The van der Waals surface area contributed by atoms with Gasteiger partial charge in [-0.25, -0.2) is 0 Å². The van der Waals surface area contributed by atoms with Gasteiger partial charge in [0.2, 0.25) is 0 Å². The summed E-state index contributed by atoms with van der Waals surface area (Å²) in [7, 11) is -5.65. The largest absolute Gasteiger partial charge is 0.414 e. The SMILES string of the molecule is CC[Si](CC)(CC)OC(C)(C)/C=C\CO[C@@H](C)C1=CC[C@H]2C3=CC=C4C[C@@H](O[Si](C)(C)C(C)(C)C)C[C@H](O[Si](C)(C)C(C)(C)C)[C@]4(C)[C@H]3CC[C@]12C. The Kier molecular flexibility index (Phi) is 13.1. The monoisotopic (exact) mass is 771 g/mol. The fourth-order valence-corrected chi connectivity index (χ4v) is 15.7. The van der Waals surface area contributed by atoms with E-state index in [2.05, 4.69) is 154 Å². The summed E-state index contributed by atoms with van der Waals surface area (Å²) in [6, 6.07) is 3.51. The topological polar surface area (TPSA) is 36.9 Å². The molecule has 0 saturated heterocycles. The first kappa shape index (κ1) is 44.2. The highest BCUT2D eigenvalue weighted by Gasteiger charge is 2.59. The molecule has 0 aliphatic heterocycles. The van der Waals surface area contributed by atoms with E-state index in [0.717, 1.165) is 19.3 Å². The molecule has 0 aromatic heterocycles. The third kappa shape index (κ3) is 8.56. The number of allylic oxidation sites excluding steroid dienone is 4. The summed E-state index contributed by atoms with van der Waals surface area (Å²) in [5, 5.41) is 0.345. The minimum atomic E-state index is -2.04. The van der Waals surface area contributed by atoms with Crippen LogP contribution < -0.4 is 0 Å². The van der Waals surface area contributed by atoms with Crippen molar-refractivity contribution in [3.63, 3.8) is 0 Å². The molecule has 7 atom stereocenters. The summed E-state index contributed by atoms with van der Waals surface area (Å²) in [6.07, 6.45) is 18.1. The van der Waals surface area contributed by atoms with E-state index in [-0.39, 0.29) is 44.8 Å². The van der Waals surface area contributed by atoms with Crippen molar-refractivity contribution >= 4 is 25.0 Å². The first-order valence-electron chi connectivity index (χ1n) is 21.2. The van der Waals surface area contributed by atoms with Crippen molar-refractivity contribution in [1.82, 2.24) is 0 Å². The van der Waals surface area contributed by atoms with Crippen LogP contribution in [0.25, 0.3) is 0 Å². The third-order valence-corrected chi connectivity index (χ3v) is 29.4. The molecule has 0 aromatic carbocycles. The summed E-state index contributed by atoms with van der Waals surface area (Å²) in [5.74, 6) is 1.03. The average Bonchev–Trinajstić information content (AvgIpc) is 3.38. The maximum atomic E-state index is 7.58. The lowest BCUT2D eigenvalue weighted by atomic mass is 9.49. The van der Waals surface area contributed by atoms with Crippen molar-refractivity contribution < 1.29 is 18.0 Å². The zero-order valence-corrected chi connectivity index (χ0v) is 40.3. The maximum absolute atomic E-state index is 7.58. The van der Waals surface area contributed by atoms with Crippen molar-refractivity contribution in [2.75, 3.05) is 6.61 Å². The van der Waals surface area contributed by atoms with E-state index in [1.54, 1.807) is 11.1 Å². The van der Waals surface area contributed by atoms with E-state index in [4.69, 9.17) is 18.0 Å². The van der Waals surface area contributed by atoms with Gasteiger partial charge in [-0.1, -0.05) is 118 Å². The molecule has 0 heterocycles. The van der Waals surface area contributed by atoms with Gasteiger partial charge in [0.1, 0.15) is 0 Å². The van der Waals surface area contributed by atoms with Crippen molar-refractivity contribution in [2.45, 2.75) is 207 Å². The molecule has 0 N–H and O–H groups in total. The van der Waals surface area contributed by atoms with Crippen LogP contribution in [-0.2, 0) is 18.0 Å². The molecule has 0 aromatic rings. The normalized spacial score (nSPS) is 31.1. The van der Waals surface area contributed by atoms with Gasteiger partial charge >= 0.3 is 0 Å². The molecule has 0 radical (unpaired) electrons. The zero-order chi connectivity index (χ0) is 39.3.